The van der Waals surface area contributed by atoms with Crippen LogP contribution in [0.3, 0.4) is 0 Å². The Bertz CT molecular complexity index is 812. The summed E-state index contributed by atoms with van der Waals surface area (Å²) in [5.41, 5.74) is 0.00706. The van der Waals surface area contributed by atoms with Crippen LogP contribution < -0.4 is 4.90 Å². The molecule has 5 nitrogen and oxygen atoms in total. The molecule has 2 aliphatic rings. The number of fused-ring (bicyclic) bond motifs is 1. The maximum Gasteiger partial charge on any atom is 0.419 e. The lowest BCUT2D eigenvalue weighted by atomic mass is 9.91. The number of hydrogen-bond donors (Lipinski definition) is 1. The van der Waals surface area contributed by atoms with Crippen molar-refractivity contribution in [1.29, 1.82) is 0 Å². The Hall–Kier alpha value is -2.09. The first-order valence-corrected chi connectivity index (χ1v) is 9.88. The lowest BCUT2D eigenvalue weighted by Crippen LogP contribution is -2.36. The van der Waals surface area contributed by atoms with Gasteiger partial charge < -0.3 is 14.6 Å². The summed E-state index contributed by atoms with van der Waals surface area (Å²) in [6, 6.07) is 1.30. The smallest absolute Gasteiger partial charge is 0.396 e. The summed E-state index contributed by atoms with van der Waals surface area (Å²) in [6.07, 6.45) is 4.63. The number of imidazole rings is 1. The third kappa shape index (κ3) is 3.87. The maximum atomic E-state index is 13.8. The van der Waals surface area contributed by atoms with Crippen LogP contribution >= 0.6 is 0 Å². The van der Waals surface area contributed by atoms with E-state index in [-0.39, 0.29) is 18.3 Å². The van der Waals surface area contributed by atoms with Gasteiger partial charge in [0.1, 0.15) is 11.6 Å². The molecule has 0 saturated carbocycles. The van der Waals surface area contributed by atoms with Gasteiger partial charge in [-0.3, -0.25) is 0 Å². The molecular formula is C20H25F3N4O. The molecular weight excluding hydrogens is 369 g/mol. The van der Waals surface area contributed by atoms with Crippen LogP contribution in [0.2, 0.25) is 0 Å². The van der Waals surface area contributed by atoms with Crippen molar-refractivity contribution in [3.05, 3.63) is 41.6 Å². The molecule has 4 rings (SSSR count). The SMILES string of the molecule is OCCC1CCN(c2ncc(C3CCc4nccn4C3)cc2C(F)(F)F)CC1. The van der Waals surface area contributed by atoms with Crippen molar-refractivity contribution in [1.82, 2.24) is 14.5 Å². The van der Waals surface area contributed by atoms with E-state index in [0.717, 1.165) is 31.5 Å². The predicted molar refractivity (Wildman–Crippen MR) is 99.2 cm³/mol. The zero-order chi connectivity index (χ0) is 19.7. The summed E-state index contributed by atoms with van der Waals surface area (Å²) >= 11 is 0. The standard InChI is InChI=1S/C20H25F3N4O/c21-20(22,23)17-11-16(15-1-2-18-24-6-9-27(18)13-15)12-25-19(17)26-7-3-14(4-8-26)5-10-28/h6,9,11-12,14-15,28H,1-5,7-8,10,13H2. The molecule has 1 N–H and O–H groups in total. The minimum absolute atomic E-state index is 0.0136. The molecule has 2 aliphatic heterocycles. The summed E-state index contributed by atoms with van der Waals surface area (Å²) in [6.45, 7) is 1.86. The average Bonchev–Trinajstić information content (AvgIpc) is 3.15. The fourth-order valence-corrected chi connectivity index (χ4v) is 4.41. The van der Waals surface area contributed by atoms with E-state index in [0.29, 0.717) is 37.5 Å². The van der Waals surface area contributed by atoms with E-state index in [2.05, 4.69) is 9.97 Å². The second kappa shape index (κ2) is 7.73. The van der Waals surface area contributed by atoms with Crippen LogP contribution in [0.4, 0.5) is 19.0 Å². The van der Waals surface area contributed by atoms with Gasteiger partial charge in [0, 0.05) is 57.2 Å². The first-order chi connectivity index (χ1) is 13.5. The number of piperidine rings is 1. The molecule has 0 spiro atoms. The van der Waals surface area contributed by atoms with Gasteiger partial charge in [-0.2, -0.15) is 13.2 Å². The first-order valence-electron chi connectivity index (χ1n) is 9.88. The number of rotatable bonds is 4. The molecule has 28 heavy (non-hydrogen) atoms. The molecule has 1 unspecified atom stereocenters. The van der Waals surface area contributed by atoms with Crippen molar-refractivity contribution in [2.75, 3.05) is 24.6 Å². The number of nitrogens with zero attached hydrogens (tertiary/aromatic N) is 4. The number of aliphatic hydroxyl groups excluding tert-OH is 1. The van der Waals surface area contributed by atoms with Gasteiger partial charge in [0.2, 0.25) is 0 Å². The van der Waals surface area contributed by atoms with Crippen LogP contribution in [0, 0.1) is 5.92 Å². The number of hydrogen-bond acceptors (Lipinski definition) is 4. The lowest BCUT2D eigenvalue weighted by Gasteiger charge is -2.34. The summed E-state index contributed by atoms with van der Waals surface area (Å²) in [7, 11) is 0. The molecule has 8 heteroatoms. The molecule has 0 radical (unpaired) electrons. The Morgan fingerprint density at radius 2 is 1.93 bits per heavy atom. The molecule has 1 saturated heterocycles. The second-order valence-electron chi connectivity index (χ2n) is 7.81. The van der Waals surface area contributed by atoms with E-state index in [4.69, 9.17) is 5.11 Å². The highest BCUT2D eigenvalue weighted by atomic mass is 19.4. The third-order valence-corrected chi connectivity index (χ3v) is 6.05. The van der Waals surface area contributed by atoms with Crippen LogP contribution in [-0.4, -0.2) is 39.3 Å². The fourth-order valence-electron chi connectivity index (χ4n) is 4.41. The highest BCUT2D eigenvalue weighted by molar-refractivity contribution is 5.50. The minimum atomic E-state index is -4.44. The number of anilines is 1. The Kier molecular flexibility index (Phi) is 5.31. The fraction of sp³-hybridized carbons (Fsp3) is 0.600. The van der Waals surface area contributed by atoms with Gasteiger partial charge >= 0.3 is 6.18 Å². The molecule has 4 heterocycles. The van der Waals surface area contributed by atoms with Gasteiger partial charge in [-0.05, 0) is 43.2 Å². The quantitative estimate of drug-likeness (QED) is 0.861. The summed E-state index contributed by atoms with van der Waals surface area (Å²) in [4.78, 5) is 10.3. The predicted octanol–water partition coefficient (Wildman–Crippen LogP) is 3.63. The Labute approximate surface area is 162 Å². The van der Waals surface area contributed by atoms with Gasteiger partial charge in [-0.15, -0.1) is 0 Å². The largest absolute Gasteiger partial charge is 0.419 e. The molecule has 2 aromatic rings. The average molecular weight is 394 g/mol. The van der Waals surface area contributed by atoms with Gasteiger partial charge in [-0.25, -0.2) is 9.97 Å². The van der Waals surface area contributed by atoms with E-state index in [1.54, 1.807) is 17.3 Å². The van der Waals surface area contributed by atoms with Crippen molar-refractivity contribution in [3.8, 4) is 0 Å². The third-order valence-electron chi connectivity index (χ3n) is 6.05. The number of aliphatic hydroxyl groups is 1. The monoisotopic (exact) mass is 394 g/mol. The van der Waals surface area contributed by atoms with Gasteiger partial charge in [0.25, 0.3) is 0 Å². The number of aromatic nitrogens is 3. The highest BCUT2D eigenvalue weighted by Gasteiger charge is 2.37. The molecule has 0 aliphatic carbocycles. The number of aryl methyl sites for hydroxylation is 1. The van der Waals surface area contributed by atoms with Crippen LogP contribution in [-0.2, 0) is 19.1 Å². The summed E-state index contributed by atoms with van der Waals surface area (Å²) in [5, 5.41) is 9.07. The Balaban J connectivity index is 1.57. The van der Waals surface area contributed by atoms with E-state index in [9.17, 15) is 13.2 Å². The van der Waals surface area contributed by atoms with E-state index in [1.165, 1.54) is 6.07 Å². The number of alkyl halides is 3. The second-order valence-corrected chi connectivity index (χ2v) is 7.81. The van der Waals surface area contributed by atoms with Crippen LogP contribution in [0.25, 0.3) is 0 Å². The molecule has 0 aromatic carbocycles. The van der Waals surface area contributed by atoms with E-state index < -0.39 is 11.7 Å². The number of halogens is 3. The highest BCUT2D eigenvalue weighted by Crippen LogP contribution is 2.39. The van der Waals surface area contributed by atoms with Crippen molar-refractivity contribution < 1.29 is 18.3 Å². The van der Waals surface area contributed by atoms with Crippen LogP contribution in [0.1, 0.15) is 48.6 Å². The number of pyridine rings is 1. The lowest BCUT2D eigenvalue weighted by molar-refractivity contribution is -0.137. The molecule has 152 valence electrons. The van der Waals surface area contributed by atoms with Crippen LogP contribution in [0.15, 0.2) is 24.7 Å². The zero-order valence-corrected chi connectivity index (χ0v) is 15.7. The topological polar surface area (TPSA) is 54.2 Å². The summed E-state index contributed by atoms with van der Waals surface area (Å²) in [5.74, 6) is 1.42. The van der Waals surface area contributed by atoms with E-state index >= 15 is 0 Å². The molecule has 1 atom stereocenters. The van der Waals surface area contributed by atoms with Crippen LogP contribution in [0.5, 0.6) is 0 Å². The first kappa shape index (κ1) is 19.2. The van der Waals surface area contributed by atoms with Crippen molar-refractivity contribution in [2.45, 2.75) is 50.7 Å². The maximum absolute atomic E-state index is 13.8. The minimum Gasteiger partial charge on any atom is -0.396 e. The van der Waals surface area contributed by atoms with E-state index in [1.807, 2.05) is 10.8 Å². The van der Waals surface area contributed by atoms with Crippen molar-refractivity contribution in [3.63, 3.8) is 0 Å². The van der Waals surface area contributed by atoms with Crippen molar-refractivity contribution in [2.24, 2.45) is 5.92 Å². The Morgan fingerprint density at radius 3 is 2.64 bits per heavy atom. The van der Waals surface area contributed by atoms with Gasteiger partial charge in [0.05, 0.1) is 5.56 Å². The molecule has 0 amide bonds. The van der Waals surface area contributed by atoms with Gasteiger partial charge in [0.15, 0.2) is 0 Å². The molecule has 2 aromatic heterocycles. The molecule has 1 fully saturated rings. The Morgan fingerprint density at radius 1 is 1.14 bits per heavy atom. The summed E-state index contributed by atoms with van der Waals surface area (Å²) < 4.78 is 43.5. The zero-order valence-electron chi connectivity index (χ0n) is 15.7. The molecule has 0 bridgehead atoms. The van der Waals surface area contributed by atoms with Gasteiger partial charge in [-0.1, -0.05) is 0 Å². The van der Waals surface area contributed by atoms with Crippen molar-refractivity contribution >= 4 is 5.82 Å². The normalized spacial score (nSPS) is 21.0.